The van der Waals surface area contributed by atoms with Crippen LogP contribution >= 0.6 is 0 Å². The van der Waals surface area contributed by atoms with Crippen LogP contribution in [-0.4, -0.2) is 27.5 Å². The van der Waals surface area contributed by atoms with Gasteiger partial charge in [0.1, 0.15) is 5.82 Å². The minimum absolute atomic E-state index is 0.481. The molecule has 0 bridgehead atoms. The Kier molecular flexibility index (Phi) is 5.51. The molecule has 0 N–H and O–H groups in total. The van der Waals surface area contributed by atoms with Crippen LogP contribution in [0.5, 0.6) is 0 Å². The van der Waals surface area contributed by atoms with Crippen LogP contribution in [0, 0.1) is 18.3 Å². The first-order valence-corrected chi connectivity index (χ1v) is 7.46. The summed E-state index contributed by atoms with van der Waals surface area (Å²) < 4.78 is 2.15. The summed E-state index contributed by atoms with van der Waals surface area (Å²) in [7, 11) is 0. The molecule has 0 saturated carbocycles. The largest absolute Gasteiger partial charge is 0.326 e. The van der Waals surface area contributed by atoms with E-state index in [4.69, 9.17) is 10.2 Å². The molecule has 4 nitrogen and oxygen atoms in total. The van der Waals surface area contributed by atoms with E-state index in [1.807, 2.05) is 12.2 Å². The first-order valence-electron chi connectivity index (χ1n) is 7.46. The second-order valence-electron chi connectivity index (χ2n) is 5.35. The first kappa shape index (κ1) is 16.0. The van der Waals surface area contributed by atoms with Gasteiger partial charge < -0.3 is 4.57 Å². The summed E-state index contributed by atoms with van der Waals surface area (Å²) in [6, 6.07) is 8.48. The Bertz CT molecular complexity index is 696. The highest BCUT2D eigenvalue weighted by Gasteiger charge is 2.13. The van der Waals surface area contributed by atoms with Crippen molar-refractivity contribution in [3.8, 4) is 6.07 Å². The fourth-order valence-corrected chi connectivity index (χ4v) is 2.59. The van der Waals surface area contributed by atoms with Crippen molar-refractivity contribution in [1.29, 1.82) is 5.26 Å². The van der Waals surface area contributed by atoms with Crippen LogP contribution in [0.1, 0.15) is 17.8 Å². The Morgan fingerprint density at radius 3 is 2.68 bits per heavy atom. The SMILES string of the molecule is C=CCN(CC=C)Cc1nc2cc(C)ccc2n1CCC#N. The van der Waals surface area contributed by atoms with E-state index in [2.05, 4.69) is 53.8 Å². The zero-order chi connectivity index (χ0) is 15.9. The van der Waals surface area contributed by atoms with E-state index < -0.39 is 0 Å². The molecule has 0 saturated heterocycles. The summed E-state index contributed by atoms with van der Waals surface area (Å²) in [5, 5.41) is 8.90. The van der Waals surface area contributed by atoms with Crippen LogP contribution in [0.4, 0.5) is 0 Å². The lowest BCUT2D eigenvalue weighted by molar-refractivity contribution is 0.314. The maximum Gasteiger partial charge on any atom is 0.124 e. The lowest BCUT2D eigenvalue weighted by atomic mass is 10.2. The minimum Gasteiger partial charge on any atom is -0.326 e. The standard InChI is InChI=1S/C18H22N4/c1-4-10-21(11-5-2)14-18-20-16-13-15(3)7-8-17(16)22(18)12-6-9-19/h4-5,7-8,13H,1-2,6,10-12,14H2,3H3. The highest BCUT2D eigenvalue weighted by molar-refractivity contribution is 5.76. The Hall–Kier alpha value is -2.38. The van der Waals surface area contributed by atoms with Gasteiger partial charge in [-0.05, 0) is 24.6 Å². The quantitative estimate of drug-likeness (QED) is 0.701. The van der Waals surface area contributed by atoms with Crippen molar-refractivity contribution in [2.24, 2.45) is 0 Å². The molecule has 0 aliphatic rings. The third-order valence-corrected chi connectivity index (χ3v) is 3.57. The van der Waals surface area contributed by atoms with Crippen molar-refractivity contribution in [2.75, 3.05) is 13.1 Å². The van der Waals surface area contributed by atoms with Gasteiger partial charge >= 0.3 is 0 Å². The summed E-state index contributed by atoms with van der Waals surface area (Å²) >= 11 is 0. The Morgan fingerprint density at radius 1 is 1.32 bits per heavy atom. The molecule has 0 fully saturated rings. The van der Waals surface area contributed by atoms with E-state index >= 15 is 0 Å². The second kappa shape index (κ2) is 7.58. The topological polar surface area (TPSA) is 44.9 Å². The zero-order valence-electron chi connectivity index (χ0n) is 13.1. The van der Waals surface area contributed by atoms with Gasteiger partial charge in [0.25, 0.3) is 0 Å². The average molecular weight is 294 g/mol. The van der Waals surface area contributed by atoms with E-state index in [9.17, 15) is 0 Å². The molecule has 0 unspecified atom stereocenters. The summed E-state index contributed by atoms with van der Waals surface area (Å²) in [5.74, 6) is 0.986. The number of hydrogen-bond donors (Lipinski definition) is 0. The maximum atomic E-state index is 8.90. The third kappa shape index (κ3) is 3.63. The lowest BCUT2D eigenvalue weighted by Crippen LogP contribution is -2.25. The summed E-state index contributed by atoms with van der Waals surface area (Å²) in [6.45, 7) is 12.6. The molecule has 0 spiro atoms. The van der Waals surface area contributed by atoms with Crippen molar-refractivity contribution in [2.45, 2.75) is 26.4 Å². The molecule has 0 amide bonds. The number of aryl methyl sites for hydroxylation is 2. The van der Waals surface area contributed by atoms with Crippen LogP contribution < -0.4 is 0 Å². The average Bonchev–Trinajstić information content (AvgIpc) is 2.82. The van der Waals surface area contributed by atoms with Gasteiger partial charge in [0.2, 0.25) is 0 Å². The Morgan fingerprint density at radius 2 is 2.05 bits per heavy atom. The van der Waals surface area contributed by atoms with E-state index in [-0.39, 0.29) is 0 Å². The van der Waals surface area contributed by atoms with Crippen LogP contribution in [0.15, 0.2) is 43.5 Å². The predicted molar refractivity (Wildman–Crippen MR) is 90.4 cm³/mol. The number of rotatable bonds is 8. The van der Waals surface area contributed by atoms with Crippen molar-refractivity contribution < 1.29 is 0 Å². The highest BCUT2D eigenvalue weighted by Crippen LogP contribution is 2.19. The smallest absolute Gasteiger partial charge is 0.124 e. The molecule has 22 heavy (non-hydrogen) atoms. The van der Waals surface area contributed by atoms with Gasteiger partial charge in [-0.2, -0.15) is 5.26 Å². The van der Waals surface area contributed by atoms with Gasteiger partial charge in [0.15, 0.2) is 0 Å². The number of aromatic nitrogens is 2. The van der Waals surface area contributed by atoms with Crippen molar-refractivity contribution in [3.63, 3.8) is 0 Å². The molecule has 0 radical (unpaired) electrons. The normalized spacial score (nSPS) is 10.8. The minimum atomic E-state index is 0.481. The lowest BCUT2D eigenvalue weighted by Gasteiger charge is -2.19. The third-order valence-electron chi connectivity index (χ3n) is 3.57. The van der Waals surface area contributed by atoms with E-state index in [0.29, 0.717) is 13.0 Å². The molecule has 2 aromatic rings. The number of fused-ring (bicyclic) bond motifs is 1. The van der Waals surface area contributed by atoms with E-state index in [0.717, 1.165) is 36.5 Å². The fraction of sp³-hybridized carbons (Fsp3) is 0.333. The molecule has 0 aliphatic carbocycles. The Labute approximate surface area is 132 Å². The van der Waals surface area contributed by atoms with Crippen LogP contribution in [0.2, 0.25) is 0 Å². The molecule has 1 heterocycles. The number of hydrogen-bond acceptors (Lipinski definition) is 3. The van der Waals surface area contributed by atoms with Gasteiger partial charge in [0.05, 0.1) is 30.1 Å². The molecular formula is C18H22N4. The Balaban J connectivity index is 2.39. The van der Waals surface area contributed by atoms with Crippen molar-refractivity contribution >= 4 is 11.0 Å². The van der Waals surface area contributed by atoms with Gasteiger partial charge in [0, 0.05) is 19.6 Å². The second-order valence-corrected chi connectivity index (χ2v) is 5.35. The molecule has 4 heteroatoms. The van der Waals surface area contributed by atoms with Crippen LogP contribution in [-0.2, 0) is 13.1 Å². The highest BCUT2D eigenvalue weighted by atomic mass is 15.2. The number of nitriles is 1. The summed E-state index contributed by atoms with van der Waals surface area (Å²) in [5.41, 5.74) is 3.27. The zero-order valence-corrected chi connectivity index (χ0v) is 13.1. The van der Waals surface area contributed by atoms with Gasteiger partial charge in [-0.3, -0.25) is 4.90 Å². The molecule has 114 valence electrons. The maximum absolute atomic E-state index is 8.90. The molecule has 0 atom stereocenters. The molecule has 1 aromatic heterocycles. The first-order chi connectivity index (χ1) is 10.7. The molecular weight excluding hydrogens is 272 g/mol. The van der Waals surface area contributed by atoms with Gasteiger partial charge in [-0.15, -0.1) is 13.2 Å². The molecule has 1 aromatic carbocycles. The predicted octanol–water partition coefficient (Wildman–Crippen LogP) is 3.43. The van der Waals surface area contributed by atoms with Gasteiger partial charge in [-0.25, -0.2) is 4.98 Å². The van der Waals surface area contributed by atoms with Crippen LogP contribution in [0.3, 0.4) is 0 Å². The summed E-state index contributed by atoms with van der Waals surface area (Å²) in [4.78, 5) is 6.99. The number of nitrogens with zero attached hydrogens (tertiary/aromatic N) is 4. The monoisotopic (exact) mass is 294 g/mol. The van der Waals surface area contributed by atoms with Crippen molar-refractivity contribution in [1.82, 2.24) is 14.5 Å². The van der Waals surface area contributed by atoms with Crippen LogP contribution in [0.25, 0.3) is 11.0 Å². The molecule has 0 aliphatic heterocycles. The fourth-order valence-electron chi connectivity index (χ4n) is 2.59. The number of benzene rings is 1. The van der Waals surface area contributed by atoms with E-state index in [1.165, 1.54) is 5.56 Å². The van der Waals surface area contributed by atoms with E-state index in [1.54, 1.807) is 0 Å². The summed E-state index contributed by atoms with van der Waals surface area (Å²) in [6.07, 6.45) is 4.25. The molecule has 2 rings (SSSR count). The van der Waals surface area contributed by atoms with Gasteiger partial charge in [-0.1, -0.05) is 18.2 Å². The number of imidazole rings is 1. The van der Waals surface area contributed by atoms with Crippen molar-refractivity contribution in [3.05, 3.63) is 54.9 Å².